The predicted octanol–water partition coefficient (Wildman–Crippen LogP) is 3.15. The first-order valence-corrected chi connectivity index (χ1v) is 7.74. The molecule has 0 saturated carbocycles. The van der Waals surface area contributed by atoms with E-state index in [0.717, 1.165) is 22.9 Å². The van der Waals surface area contributed by atoms with Gasteiger partial charge in [0, 0.05) is 22.1 Å². The number of amides is 1. The molecule has 0 aliphatic rings. The third kappa shape index (κ3) is 5.13. The van der Waals surface area contributed by atoms with E-state index in [1.807, 2.05) is 25.1 Å². The fourth-order valence-corrected chi connectivity index (χ4v) is 2.29. The van der Waals surface area contributed by atoms with E-state index >= 15 is 0 Å². The summed E-state index contributed by atoms with van der Waals surface area (Å²) in [6.45, 7) is 6.01. The second-order valence-corrected chi connectivity index (χ2v) is 5.76. The van der Waals surface area contributed by atoms with Crippen molar-refractivity contribution in [3.05, 3.63) is 28.2 Å². The average Bonchev–Trinajstić information content (AvgIpc) is 2.43. The monoisotopic (exact) mass is 342 g/mol. The highest BCUT2D eigenvalue weighted by atomic mass is 79.9. The van der Waals surface area contributed by atoms with Crippen molar-refractivity contribution in [2.45, 2.75) is 45.7 Å². The van der Waals surface area contributed by atoms with Gasteiger partial charge >= 0.3 is 0 Å². The Morgan fingerprint density at radius 3 is 2.60 bits per heavy atom. The van der Waals surface area contributed by atoms with Crippen molar-refractivity contribution in [2.75, 3.05) is 6.61 Å². The Balaban J connectivity index is 2.63. The van der Waals surface area contributed by atoms with Crippen LogP contribution in [0.3, 0.4) is 0 Å². The molecular formula is C15H23BrN2O2. The molecule has 1 atom stereocenters. The average molecular weight is 343 g/mol. The van der Waals surface area contributed by atoms with Crippen molar-refractivity contribution in [2.24, 2.45) is 5.73 Å². The van der Waals surface area contributed by atoms with Crippen LogP contribution in [-0.2, 0) is 4.79 Å². The predicted molar refractivity (Wildman–Crippen MR) is 84.8 cm³/mol. The van der Waals surface area contributed by atoms with Gasteiger partial charge in [-0.15, -0.1) is 0 Å². The molecule has 1 amide bonds. The first-order chi connectivity index (χ1) is 9.47. The highest BCUT2D eigenvalue weighted by molar-refractivity contribution is 9.10. The van der Waals surface area contributed by atoms with E-state index in [1.165, 1.54) is 0 Å². The summed E-state index contributed by atoms with van der Waals surface area (Å²) in [5.74, 6) is 0.556. The van der Waals surface area contributed by atoms with Crippen LogP contribution in [0.2, 0.25) is 0 Å². The third-order valence-electron chi connectivity index (χ3n) is 3.17. The lowest BCUT2D eigenvalue weighted by Crippen LogP contribution is -2.37. The molecule has 0 bridgehead atoms. The molecule has 0 unspecified atom stereocenters. The molecule has 1 rings (SSSR count). The lowest BCUT2D eigenvalue weighted by Gasteiger charge is -2.17. The summed E-state index contributed by atoms with van der Waals surface area (Å²) in [7, 11) is 0. The summed E-state index contributed by atoms with van der Waals surface area (Å²) in [5.41, 5.74) is 6.80. The van der Waals surface area contributed by atoms with Crippen LogP contribution in [0.15, 0.2) is 22.7 Å². The number of hydrogen-bond acceptors (Lipinski definition) is 3. The topological polar surface area (TPSA) is 64.3 Å². The molecule has 5 heteroatoms. The molecule has 0 aliphatic carbocycles. The highest BCUT2D eigenvalue weighted by Gasteiger charge is 2.12. The molecule has 0 saturated heterocycles. The SMILES string of the molecule is CCC(CC)NC(=O)COc1ccc(Br)cc1[C@@H](C)N. The Labute approximate surface area is 129 Å². The van der Waals surface area contributed by atoms with E-state index in [-0.39, 0.29) is 24.6 Å². The summed E-state index contributed by atoms with van der Waals surface area (Å²) < 4.78 is 6.54. The zero-order valence-corrected chi connectivity index (χ0v) is 13.9. The number of carbonyl (C=O) groups excluding carboxylic acids is 1. The molecule has 1 aromatic rings. The number of ether oxygens (including phenoxy) is 1. The first-order valence-electron chi connectivity index (χ1n) is 6.95. The van der Waals surface area contributed by atoms with Gasteiger partial charge in [0.25, 0.3) is 5.91 Å². The fraction of sp³-hybridized carbons (Fsp3) is 0.533. The molecule has 0 heterocycles. The van der Waals surface area contributed by atoms with Crippen LogP contribution >= 0.6 is 15.9 Å². The molecule has 4 nitrogen and oxygen atoms in total. The Morgan fingerprint density at radius 1 is 1.40 bits per heavy atom. The number of benzene rings is 1. The van der Waals surface area contributed by atoms with Gasteiger partial charge < -0.3 is 15.8 Å². The Kier molecular flexibility index (Phi) is 7.02. The molecule has 20 heavy (non-hydrogen) atoms. The quantitative estimate of drug-likeness (QED) is 0.799. The van der Waals surface area contributed by atoms with Crippen molar-refractivity contribution in [1.82, 2.24) is 5.32 Å². The van der Waals surface area contributed by atoms with Crippen LogP contribution in [-0.4, -0.2) is 18.6 Å². The summed E-state index contributed by atoms with van der Waals surface area (Å²) in [6, 6.07) is 5.68. The summed E-state index contributed by atoms with van der Waals surface area (Å²) in [5, 5.41) is 2.94. The standard InChI is InChI=1S/C15H23BrN2O2/c1-4-12(5-2)18-15(19)9-20-14-7-6-11(16)8-13(14)10(3)17/h6-8,10,12H,4-5,9,17H2,1-3H3,(H,18,19)/t10-/m1/s1. The molecule has 1 aromatic carbocycles. The van der Waals surface area contributed by atoms with Crippen molar-refractivity contribution >= 4 is 21.8 Å². The van der Waals surface area contributed by atoms with Gasteiger partial charge in [0.2, 0.25) is 0 Å². The smallest absolute Gasteiger partial charge is 0.258 e. The minimum absolute atomic E-state index is 0.0118. The van der Waals surface area contributed by atoms with Crippen LogP contribution in [0, 0.1) is 0 Å². The summed E-state index contributed by atoms with van der Waals surface area (Å²) in [4.78, 5) is 11.8. The molecular weight excluding hydrogens is 320 g/mol. The van der Waals surface area contributed by atoms with Gasteiger partial charge in [-0.2, -0.15) is 0 Å². The fourth-order valence-electron chi connectivity index (χ4n) is 1.91. The maximum Gasteiger partial charge on any atom is 0.258 e. The third-order valence-corrected chi connectivity index (χ3v) is 3.67. The maximum atomic E-state index is 11.8. The second kappa shape index (κ2) is 8.27. The molecule has 0 radical (unpaired) electrons. The number of hydrogen-bond donors (Lipinski definition) is 2. The van der Waals surface area contributed by atoms with E-state index in [2.05, 4.69) is 35.1 Å². The van der Waals surface area contributed by atoms with E-state index < -0.39 is 0 Å². The van der Waals surface area contributed by atoms with Gasteiger partial charge in [-0.3, -0.25) is 4.79 Å². The van der Waals surface area contributed by atoms with Gasteiger partial charge in [0.15, 0.2) is 6.61 Å². The number of halogens is 1. The van der Waals surface area contributed by atoms with E-state index in [4.69, 9.17) is 10.5 Å². The van der Waals surface area contributed by atoms with Crippen molar-refractivity contribution in [3.8, 4) is 5.75 Å². The minimum atomic E-state index is -0.149. The van der Waals surface area contributed by atoms with Crippen LogP contribution in [0.4, 0.5) is 0 Å². The first kappa shape index (κ1) is 17.0. The largest absolute Gasteiger partial charge is 0.483 e. The Hall–Kier alpha value is -1.07. The van der Waals surface area contributed by atoms with Gasteiger partial charge in [-0.1, -0.05) is 29.8 Å². The van der Waals surface area contributed by atoms with Crippen molar-refractivity contribution in [3.63, 3.8) is 0 Å². The van der Waals surface area contributed by atoms with Crippen LogP contribution < -0.4 is 15.8 Å². The van der Waals surface area contributed by atoms with E-state index in [0.29, 0.717) is 5.75 Å². The van der Waals surface area contributed by atoms with Crippen LogP contribution in [0.1, 0.15) is 45.2 Å². The Morgan fingerprint density at radius 2 is 2.05 bits per heavy atom. The lowest BCUT2D eigenvalue weighted by atomic mass is 10.1. The number of nitrogens with one attached hydrogen (secondary N) is 1. The Bertz CT molecular complexity index is 445. The van der Waals surface area contributed by atoms with Crippen LogP contribution in [0.25, 0.3) is 0 Å². The van der Waals surface area contributed by atoms with E-state index in [1.54, 1.807) is 0 Å². The van der Waals surface area contributed by atoms with E-state index in [9.17, 15) is 4.79 Å². The summed E-state index contributed by atoms with van der Waals surface area (Å²) >= 11 is 3.41. The number of carbonyl (C=O) groups is 1. The molecule has 0 aliphatic heterocycles. The highest BCUT2D eigenvalue weighted by Crippen LogP contribution is 2.27. The van der Waals surface area contributed by atoms with Gasteiger partial charge in [0.05, 0.1) is 0 Å². The molecule has 0 spiro atoms. The lowest BCUT2D eigenvalue weighted by molar-refractivity contribution is -0.123. The van der Waals surface area contributed by atoms with Gasteiger partial charge in [-0.25, -0.2) is 0 Å². The molecule has 3 N–H and O–H groups in total. The maximum absolute atomic E-state index is 11.8. The molecule has 0 aromatic heterocycles. The molecule has 112 valence electrons. The van der Waals surface area contributed by atoms with Gasteiger partial charge in [-0.05, 0) is 38.0 Å². The number of rotatable bonds is 7. The number of nitrogens with two attached hydrogens (primary N) is 1. The zero-order chi connectivity index (χ0) is 15.1. The zero-order valence-electron chi connectivity index (χ0n) is 12.3. The van der Waals surface area contributed by atoms with Crippen molar-refractivity contribution in [1.29, 1.82) is 0 Å². The second-order valence-electron chi connectivity index (χ2n) is 4.84. The normalized spacial score (nSPS) is 12.3. The minimum Gasteiger partial charge on any atom is -0.483 e. The summed E-state index contributed by atoms with van der Waals surface area (Å²) in [6.07, 6.45) is 1.84. The molecule has 0 fully saturated rings. The van der Waals surface area contributed by atoms with Crippen LogP contribution in [0.5, 0.6) is 5.75 Å². The van der Waals surface area contributed by atoms with Crippen molar-refractivity contribution < 1.29 is 9.53 Å². The van der Waals surface area contributed by atoms with Gasteiger partial charge in [0.1, 0.15) is 5.75 Å².